The van der Waals surface area contributed by atoms with Gasteiger partial charge in [-0.2, -0.15) is 0 Å². The van der Waals surface area contributed by atoms with Gasteiger partial charge in [-0.05, 0) is 37.7 Å². The van der Waals surface area contributed by atoms with Crippen molar-refractivity contribution >= 4 is 23.1 Å². The third-order valence-corrected chi connectivity index (χ3v) is 3.41. The predicted octanol–water partition coefficient (Wildman–Crippen LogP) is 3.53. The zero-order chi connectivity index (χ0) is 13.8. The first kappa shape index (κ1) is 13.8. The molecule has 0 saturated carbocycles. The van der Waals surface area contributed by atoms with Crippen LogP contribution in [0.5, 0.6) is 0 Å². The quantitative estimate of drug-likeness (QED) is 0.925. The van der Waals surface area contributed by atoms with Crippen molar-refractivity contribution in [3.05, 3.63) is 52.7 Å². The van der Waals surface area contributed by atoms with E-state index in [-0.39, 0.29) is 0 Å². The van der Waals surface area contributed by atoms with E-state index in [2.05, 4.69) is 34.3 Å². The number of halogens is 1. The van der Waals surface area contributed by atoms with Crippen molar-refractivity contribution in [1.82, 2.24) is 10.3 Å². The highest BCUT2D eigenvalue weighted by Gasteiger charge is 2.10. The Hall–Kier alpha value is -1.58. The smallest absolute Gasteiger partial charge is 0.133 e. The highest BCUT2D eigenvalue weighted by molar-refractivity contribution is 6.31. The molecule has 1 heterocycles. The van der Waals surface area contributed by atoms with Crippen LogP contribution in [0, 0.1) is 6.92 Å². The van der Waals surface area contributed by atoms with E-state index in [1.54, 1.807) is 0 Å². The molecule has 0 atom stereocenters. The third kappa shape index (κ3) is 3.06. The van der Waals surface area contributed by atoms with Crippen molar-refractivity contribution in [1.29, 1.82) is 0 Å². The molecule has 0 bridgehead atoms. The number of hydrogen-bond acceptors (Lipinski definition) is 3. The molecule has 4 heteroatoms. The number of nitrogens with zero attached hydrogens (tertiary/aromatic N) is 2. The zero-order valence-electron chi connectivity index (χ0n) is 11.4. The summed E-state index contributed by atoms with van der Waals surface area (Å²) in [6, 6.07) is 12.1. The number of benzene rings is 1. The summed E-state index contributed by atoms with van der Waals surface area (Å²) in [6.07, 6.45) is 0. The highest BCUT2D eigenvalue weighted by atomic mass is 35.5. The van der Waals surface area contributed by atoms with E-state index in [0.717, 1.165) is 17.2 Å². The molecular weight excluding hydrogens is 258 g/mol. The molecule has 0 saturated heterocycles. The fourth-order valence-corrected chi connectivity index (χ4v) is 2.19. The molecule has 1 aromatic carbocycles. The van der Waals surface area contributed by atoms with Gasteiger partial charge >= 0.3 is 0 Å². The fraction of sp³-hybridized carbons (Fsp3) is 0.267. The number of anilines is 2. The van der Waals surface area contributed by atoms with Crippen LogP contribution in [0.25, 0.3) is 0 Å². The molecule has 0 fully saturated rings. The van der Waals surface area contributed by atoms with Gasteiger partial charge in [-0.15, -0.1) is 0 Å². The number of aromatic nitrogens is 1. The monoisotopic (exact) mass is 275 g/mol. The molecule has 1 N–H and O–H groups in total. The van der Waals surface area contributed by atoms with Gasteiger partial charge in [0.15, 0.2) is 0 Å². The van der Waals surface area contributed by atoms with E-state index in [1.165, 1.54) is 5.56 Å². The van der Waals surface area contributed by atoms with Crippen LogP contribution >= 0.6 is 11.6 Å². The average Bonchev–Trinajstić information content (AvgIpc) is 2.41. The molecule has 2 aromatic rings. The number of pyridine rings is 1. The van der Waals surface area contributed by atoms with Crippen molar-refractivity contribution in [2.45, 2.75) is 13.5 Å². The second-order valence-corrected chi connectivity index (χ2v) is 4.88. The highest BCUT2D eigenvalue weighted by Crippen LogP contribution is 2.26. The van der Waals surface area contributed by atoms with Crippen molar-refractivity contribution < 1.29 is 0 Å². The Balaban J connectivity index is 2.36. The molecule has 0 aliphatic rings. The van der Waals surface area contributed by atoms with Crippen molar-refractivity contribution in [3.8, 4) is 0 Å². The van der Waals surface area contributed by atoms with Crippen LogP contribution in [0.3, 0.4) is 0 Å². The maximum atomic E-state index is 6.14. The molecule has 0 aliphatic carbocycles. The molecule has 100 valence electrons. The molecule has 0 spiro atoms. The van der Waals surface area contributed by atoms with Crippen LogP contribution < -0.4 is 10.2 Å². The van der Waals surface area contributed by atoms with E-state index < -0.39 is 0 Å². The standard InChI is InChI=1S/C15H18ClN3/c1-11-6-4-5-7-14(11)19(3)15-9-8-12(16)13(18-15)10-17-2/h4-9,17H,10H2,1-3H3. The number of rotatable bonds is 4. The molecule has 0 unspecified atom stereocenters. The zero-order valence-corrected chi connectivity index (χ0v) is 12.2. The molecule has 2 rings (SSSR count). The van der Waals surface area contributed by atoms with Crippen LogP contribution in [-0.4, -0.2) is 19.1 Å². The summed E-state index contributed by atoms with van der Waals surface area (Å²) in [5, 5.41) is 3.77. The Morgan fingerprint density at radius 3 is 2.63 bits per heavy atom. The number of para-hydroxylation sites is 1. The SMILES string of the molecule is CNCc1nc(N(C)c2ccccc2C)ccc1Cl. The lowest BCUT2D eigenvalue weighted by Crippen LogP contribution is -2.15. The van der Waals surface area contributed by atoms with E-state index in [9.17, 15) is 0 Å². The minimum atomic E-state index is 0.661. The lowest BCUT2D eigenvalue weighted by molar-refractivity contribution is 0.790. The average molecular weight is 276 g/mol. The number of nitrogens with one attached hydrogen (secondary N) is 1. The van der Waals surface area contributed by atoms with Gasteiger partial charge in [0.25, 0.3) is 0 Å². The number of aryl methyl sites for hydroxylation is 1. The largest absolute Gasteiger partial charge is 0.329 e. The summed E-state index contributed by atoms with van der Waals surface area (Å²) in [4.78, 5) is 6.69. The van der Waals surface area contributed by atoms with Gasteiger partial charge in [0, 0.05) is 19.3 Å². The second kappa shape index (κ2) is 6.04. The van der Waals surface area contributed by atoms with E-state index in [0.29, 0.717) is 11.6 Å². The fourth-order valence-electron chi connectivity index (χ4n) is 2.01. The first-order chi connectivity index (χ1) is 9.13. The van der Waals surface area contributed by atoms with Crippen molar-refractivity contribution in [2.24, 2.45) is 0 Å². The maximum absolute atomic E-state index is 6.14. The van der Waals surface area contributed by atoms with Gasteiger partial charge in [-0.1, -0.05) is 29.8 Å². The molecular formula is C15H18ClN3. The third-order valence-electron chi connectivity index (χ3n) is 3.07. The second-order valence-electron chi connectivity index (χ2n) is 4.47. The van der Waals surface area contributed by atoms with Gasteiger partial charge in [-0.25, -0.2) is 4.98 Å². The van der Waals surface area contributed by atoms with Gasteiger partial charge in [0.05, 0.1) is 10.7 Å². The van der Waals surface area contributed by atoms with Gasteiger partial charge < -0.3 is 10.2 Å². The van der Waals surface area contributed by atoms with Gasteiger partial charge in [-0.3, -0.25) is 0 Å². The minimum absolute atomic E-state index is 0.661. The van der Waals surface area contributed by atoms with Crippen LogP contribution in [0.15, 0.2) is 36.4 Å². The Morgan fingerprint density at radius 2 is 1.95 bits per heavy atom. The van der Waals surface area contributed by atoms with Crippen LogP contribution in [0.4, 0.5) is 11.5 Å². The Bertz CT molecular complexity index is 569. The Morgan fingerprint density at radius 1 is 1.21 bits per heavy atom. The first-order valence-electron chi connectivity index (χ1n) is 6.23. The van der Waals surface area contributed by atoms with Crippen LogP contribution in [0.1, 0.15) is 11.3 Å². The van der Waals surface area contributed by atoms with E-state index in [1.807, 2.05) is 38.4 Å². The lowest BCUT2D eigenvalue weighted by atomic mass is 10.2. The molecule has 1 aromatic heterocycles. The summed E-state index contributed by atoms with van der Waals surface area (Å²) in [5.41, 5.74) is 3.23. The predicted molar refractivity (Wildman–Crippen MR) is 81.3 cm³/mol. The van der Waals surface area contributed by atoms with E-state index in [4.69, 9.17) is 11.6 Å². The van der Waals surface area contributed by atoms with Crippen LogP contribution in [-0.2, 0) is 6.54 Å². The maximum Gasteiger partial charge on any atom is 0.133 e. The van der Waals surface area contributed by atoms with Gasteiger partial charge in [0.2, 0.25) is 0 Å². The Kier molecular flexibility index (Phi) is 4.40. The minimum Gasteiger partial charge on any atom is -0.329 e. The normalized spacial score (nSPS) is 10.5. The van der Waals surface area contributed by atoms with Gasteiger partial charge in [0.1, 0.15) is 5.82 Å². The molecule has 19 heavy (non-hydrogen) atoms. The molecule has 3 nitrogen and oxygen atoms in total. The first-order valence-corrected chi connectivity index (χ1v) is 6.60. The van der Waals surface area contributed by atoms with Crippen molar-refractivity contribution in [3.63, 3.8) is 0 Å². The topological polar surface area (TPSA) is 28.2 Å². The van der Waals surface area contributed by atoms with E-state index >= 15 is 0 Å². The Labute approximate surface area is 119 Å². The summed E-state index contributed by atoms with van der Waals surface area (Å²) in [6.45, 7) is 2.75. The van der Waals surface area contributed by atoms with Crippen molar-refractivity contribution in [2.75, 3.05) is 19.0 Å². The molecule has 0 amide bonds. The molecule has 0 aliphatic heterocycles. The summed E-state index contributed by atoms with van der Waals surface area (Å²) in [7, 11) is 3.90. The summed E-state index contributed by atoms with van der Waals surface area (Å²) >= 11 is 6.14. The lowest BCUT2D eigenvalue weighted by Gasteiger charge is -2.21. The summed E-state index contributed by atoms with van der Waals surface area (Å²) in [5.74, 6) is 0.893. The number of hydrogen-bond donors (Lipinski definition) is 1. The molecule has 0 radical (unpaired) electrons. The van der Waals surface area contributed by atoms with Crippen LogP contribution in [0.2, 0.25) is 5.02 Å². The summed E-state index contributed by atoms with van der Waals surface area (Å²) < 4.78 is 0.